The van der Waals surface area contributed by atoms with Gasteiger partial charge in [0.25, 0.3) is 0 Å². The minimum absolute atomic E-state index is 0.00283. The molecule has 1 fully saturated rings. The number of anilines is 3. The molecule has 190 valence electrons. The number of benzene rings is 1. The zero-order valence-corrected chi connectivity index (χ0v) is 22.0. The average molecular weight is 509 g/mol. The summed E-state index contributed by atoms with van der Waals surface area (Å²) in [5.41, 5.74) is 6.06. The number of hydrogen-bond acceptors (Lipinski definition) is 6. The first-order valence-corrected chi connectivity index (χ1v) is 14.1. The van der Waals surface area contributed by atoms with Crippen LogP contribution in [-0.2, 0) is 28.3 Å². The Labute approximate surface area is 211 Å². The smallest absolute Gasteiger partial charge is 0.228 e. The summed E-state index contributed by atoms with van der Waals surface area (Å²) in [4.78, 5) is 23.8. The summed E-state index contributed by atoms with van der Waals surface area (Å²) in [7, 11) is 0.735. The van der Waals surface area contributed by atoms with Crippen LogP contribution in [0.1, 0.15) is 37.3 Å². The molecule has 1 N–H and O–H groups in total. The summed E-state index contributed by atoms with van der Waals surface area (Å²) < 4.78 is 27.1. The van der Waals surface area contributed by atoms with E-state index in [9.17, 15) is 13.2 Å². The maximum Gasteiger partial charge on any atom is 0.228 e. The molecule has 3 heterocycles. The summed E-state index contributed by atoms with van der Waals surface area (Å²) in [5.74, 6) is 1.29. The van der Waals surface area contributed by atoms with E-state index in [1.807, 2.05) is 35.7 Å². The third-order valence-electron chi connectivity index (χ3n) is 7.07. The number of aromatic nitrogens is 3. The molecule has 1 aliphatic heterocycles. The van der Waals surface area contributed by atoms with Crippen molar-refractivity contribution in [2.75, 3.05) is 36.6 Å². The average Bonchev–Trinajstić information content (AvgIpc) is 3.66. The number of nitrogens with zero attached hydrogens (tertiary/aromatic N) is 5. The number of nitrogens with one attached hydrogen (secondary N) is 1. The molecule has 10 heteroatoms. The zero-order chi connectivity index (χ0) is 25.6. The first kappa shape index (κ1) is 24.5. The summed E-state index contributed by atoms with van der Waals surface area (Å²) in [6.45, 7) is 3.02. The summed E-state index contributed by atoms with van der Waals surface area (Å²) in [6.07, 6.45) is 8.36. The quantitative estimate of drug-likeness (QED) is 0.522. The monoisotopic (exact) mass is 508 g/mol. The highest BCUT2D eigenvalue weighted by Gasteiger charge is 2.30. The fraction of sp³-hybridized carbons (Fsp3) is 0.423. The van der Waals surface area contributed by atoms with Gasteiger partial charge in [0.2, 0.25) is 15.9 Å². The molecular formula is C26H32N6O3S. The van der Waals surface area contributed by atoms with Crippen molar-refractivity contribution in [2.24, 2.45) is 13.0 Å². The Kier molecular flexibility index (Phi) is 6.34. The first-order valence-electron chi connectivity index (χ1n) is 12.3. The molecule has 1 aromatic carbocycles. The van der Waals surface area contributed by atoms with E-state index in [1.54, 1.807) is 6.33 Å². The van der Waals surface area contributed by atoms with Crippen molar-refractivity contribution in [3.8, 4) is 0 Å². The van der Waals surface area contributed by atoms with Gasteiger partial charge in [-0.1, -0.05) is 19.1 Å². The molecule has 0 spiro atoms. The predicted octanol–water partition coefficient (Wildman–Crippen LogP) is 3.70. The molecule has 0 radical (unpaired) electrons. The molecule has 1 saturated carbocycles. The highest BCUT2D eigenvalue weighted by molar-refractivity contribution is 7.88. The number of hydrogen-bond donors (Lipinski definition) is 1. The Morgan fingerprint density at radius 3 is 2.67 bits per heavy atom. The van der Waals surface area contributed by atoms with E-state index in [1.165, 1.54) is 16.1 Å². The topological polar surface area (TPSA) is 100 Å². The van der Waals surface area contributed by atoms with Crippen molar-refractivity contribution in [3.05, 3.63) is 47.8 Å². The van der Waals surface area contributed by atoms with Crippen LogP contribution in [-0.4, -0.2) is 59.6 Å². The van der Waals surface area contributed by atoms with Crippen molar-refractivity contribution in [3.63, 3.8) is 0 Å². The molecule has 1 amide bonds. The Balaban J connectivity index is 1.46. The fourth-order valence-corrected chi connectivity index (χ4v) is 5.44. The maximum absolute atomic E-state index is 12.5. The summed E-state index contributed by atoms with van der Waals surface area (Å²) in [5, 5.41) is 2.99. The van der Waals surface area contributed by atoms with Gasteiger partial charge in [-0.3, -0.25) is 4.79 Å². The molecule has 0 unspecified atom stereocenters. The molecule has 3 aromatic rings. The molecule has 0 bridgehead atoms. The number of sulfonamides is 1. The fourth-order valence-electron chi connectivity index (χ4n) is 4.67. The SMILES string of the molecule is CCc1cc(C2=CCN(S(C)(=O)=O)CC2)ccc1N(C)c1cc2c(ncn2C)c(NC(=O)C2CC2)n1. The minimum atomic E-state index is -3.18. The lowest BCUT2D eigenvalue weighted by Gasteiger charge is -2.26. The number of fused-ring (bicyclic) bond motifs is 1. The number of pyridine rings is 1. The second-order valence-electron chi connectivity index (χ2n) is 9.67. The van der Waals surface area contributed by atoms with E-state index in [0.29, 0.717) is 30.8 Å². The Hall–Kier alpha value is -3.24. The zero-order valence-electron chi connectivity index (χ0n) is 21.2. The van der Waals surface area contributed by atoms with Crippen LogP contribution in [0.25, 0.3) is 16.6 Å². The van der Waals surface area contributed by atoms with E-state index in [-0.39, 0.29) is 11.8 Å². The van der Waals surface area contributed by atoms with E-state index in [0.717, 1.165) is 47.4 Å². The Morgan fingerprint density at radius 1 is 1.25 bits per heavy atom. The standard InChI is InChI=1S/C26H32N6O3S/c1-5-17-14-20(18-10-12-32(13-11-18)36(4,34)35)8-9-21(17)31(3)23-15-22-24(27-16-30(22)2)25(28-23)29-26(33)19-6-7-19/h8-10,14-16,19H,5-7,11-13H2,1-4H3,(H,28,29,33). The van der Waals surface area contributed by atoms with Gasteiger partial charge in [-0.2, -0.15) is 4.31 Å². The van der Waals surface area contributed by atoms with E-state index in [2.05, 4.69) is 35.4 Å². The summed E-state index contributed by atoms with van der Waals surface area (Å²) in [6, 6.07) is 8.36. The highest BCUT2D eigenvalue weighted by Crippen LogP contribution is 2.35. The van der Waals surface area contributed by atoms with E-state index in [4.69, 9.17) is 4.98 Å². The number of imidazole rings is 1. The molecule has 9 nitrogen and oxygen atoms in total. The lowest BCUT2D eigenvalue weighted by Crippen LogP contribution is -2.33. The van der Waals surface area contributed by atoms with Gasteiger partial charge in [-0.25, -0.2) is 18.4 Å². The van der Waals surface area contributed by atoms with Crippen LogP contribution >= 0.6 is 0 Å². The van der Waals surface area contributed by atoms with Gasteiger partial charge < -0.3 is 14.8 Å². The third kappa shape index (κ3) is 4.75. The second kappa shape index (κ2) is 9.33. The molecule has 0 atom stereocenters. The van der Waals surface area contributed by atoms with Gasteiger partial charge >= 0.3 is 0 Å². The van der Waals surface area contributed by atoms with Gasteiger partial charge in [0.1, 0.15) is 11.3 Å². The number of amides is 1. The van der Waals surface area contributed by atoms with Crippen LogP contribution < -0.4 is 10.2 Å². The largest absolute Gasteiger partial charge is 0.334 e. The molecule has 5 rings (SSSR count). The van der Waals surface area contributed by atoms with Crippen LogP contribution in [0.2, 0.25) is 0 Å². The second-order valence-corrected chi connectivity index (χ2v) is 11.7. The van der Waals surface area contributed by atoms with Crippen LogP contribution in [0.15, 0.2) is 36.7 Å². The van der Waals surface area contributed by atoms with E-state index < -0.39 is 10.0 Å². The van der Waals surface area contributed by atoms with Gasteiger partial charge in [0, 0.05) is 44.9 Å². The minimum Gasteiger partial charge on any atom is -0.334 e. The molecule has 2 aliphatic rings. The van der Waals surface area contributed by atoms with Crippen molar-refractivity contribution in [1.82, 2.24) is 18.8 Å². The van der Waals surface area contributed by atoms with Gasteiger partial charge in [-0.05, 0) is 54.5 Å². The van der Waals surface area contributed by atoms with Crippen molar-refractivity contribution in [1.29, 1.82) is 0 Å². The van der Waals surface area contributed by atoms with Gasteiger partial charge in [0.05, 0.1) is 18.1 Å². The highest BCUT2D eigenvalue weighted by atomic mass is 32.2. The Morgan fingerprint density at radius 2 is 2.03 bits per heavy atom. The van der Waals surface area contributed by atoms with Crippen molar-refractivity contribution in [2.45, 2.75) is 32.6 Å². The first-order chi connectivity index (χ1) is 17.2. The number of rotatable bonds is 7. The lowest BCUT2D eigenvalue weighted by atomic mass is 9.96. The lowest BCUT2D eigenvalue weighted by molar-refractivity contribution is -0.117. The number of aryl methyl sites for hydroxylation is 2. The molecule has 0 saturated heterocycles. The molecule has 2 aromatic heterocycles. The van der Waals surface area contributed by atoms with Crippen molar-refractivity contribution >= 4 is 49.9 Å². The molecular weight excluding hydrogens is 476 g/mol. The maximum atomic E-state index is 12.5. The summed E-state index contributed by atoms with van der Waals surface area (Å²) >= 11 is 0. The normalized spacial score (nSPS) is 16.7. The molecule has 1 aliphatic carbocycles. The van der Waals surface area contributed by atoms with Gasteiger partial charge in [-0.15, -0.1) is 0 Å². The number of carbonyl (C=O) groups is 1. The van der Waals surface area contributed by atoms with Gasteiger partial charge in [0.15, 0.2) is 5.82 Å². The number of carbonyl (C=O) groups excluding carboxylic acids is 1. The van der Waals surface area contributed by atoms with Crippen LogP contribution in [0.4, 0.5) is 17.3 Å². The van der Waals surface area contributed by atoms with E-state index >= 15 is 0 Å². The Bertz CT molecular complexity index is 1470. The van der Waals surface area contributed by atoms with Crippen LogP contribution in [0.5, 0.6) is 0 Å². The van der Waals surface area contributed by atoms with Crippen molar-refractivity contribution < 1.29 is 13.2 Å². The van der Waals surface area contributed by atoms with Crippen LogP contribution in [0, 0.1) is 5.92 Å². The molecule has 36 heavy (non-hydrogen) atoms. The van der Waals surface area contributed by atoms with Crippen LogP contribution in [0.3, 0.4) is 0 Å². The third-order valence-corrected chi connectivity index (χ3v) is 8.34. The predicted molar refractivity (Wildman–Crippen MR) is 143 cm³/mol.